The Morgan fingerprint density at radius 2 is 2.00 bits per heavy atom. The van der Waals surface area contributed by atoms with Crippen molar-refractivity contribution >= 4 is 5.82 Å². The molecule has 0 atom stereocenters. The Labute approximate surface area is 79.2 Å². The van der Waals surface area contributed by atoms with Gasteiger partial charge in [-0.2, -0.15) is 0 Å². The topological polar surface area (TPSA) is 38.9 Å². The van der Waals surface area contributed by atoms with E-state index in [-0.39, 0.29) is 0 Å². The van der Waals surface area contributed by atoms with Gasteiger partial charge in [0.2, 0.25) is 0 Å². The van der Waals surface area contributed by atoms with Gasteiger partial charge in [-0.1, -0.05) is 19.3 Å². The molecule has 70 valence electrons. The van der Waals surface area contributed by atoms with E-state index >= 15 is 0 Å². The molecule has 0 bridgehead atoms. The molecule has 0 amide bonds. The summed E-state index contributed by atoms with van der Waals surface area (Å²) in [6.45, 7) is 0. The van der Waals surface area contributed by atoms with Crippen molar-refractivity contribution in [2.45, 2.75) is 38.0 Å². The average Bonchev–Trinajstić information content (AvgIpc) is 2.19. The van der Waals surface area contributed by atoms with Crippen molar-refractivity contribution in [3.63, 3.8) is 0 Å². The molecule has 2 rings (SSSR count). The van der Waals surface area contributed by atoms with Crippen molar-refractivity contribution in [1.82, 2.24) is 4.98 Å². The quantitative estimate of drug-likeness (QED) is 0.714. The zero-order valence-electron chi connectivity index (χ0n) is 7.87. The van der Waals surface area contributed by atoms with Crippen molar-refractivity contribution in [2.24, 2.45) is 0 Å². The van der Waals surface area contributed by atoms with Crippen molar-refractivity contribution < 1.29 is 0 Å². The van der Waals surface area contributed by atoms with Crippen LogP contribution in [0.3, 0.4) is 0 Å². The maximum atomic E-state index is 5.65. The highest BCUT2D eigenvalue weighted by Gasteiger charge is 2.15. The van der Waals surface area contributed by atoms with Gasteiger partial charge in [0.05, 0.1) is 0 Å². The molecule has 2 nitrogen and oxygen atoms in total. The Morgan fingerprint density at radius 1 is 1.23 bits per heavy atom. The number of nitrogens with zero attached hydrogens (tertiary/aromatic N) is 1. The van der Waals surface area contributed by atoms with Crippen molar-refractivity contribution in [3.8, 4) is 0 Å². The average molecular weight is 176 g/mol. The molecule has 0 aliphatic heterocycles. The third kappa shape index (κ3) is 2.00. The molecular weight excluding hydrogens is 160 g/mol. The van der Waals surface area contributed by atoms with Crippen LogP contribution in [0, 0.1) is 0 Å². The van der Waals surface area contributed by atoms with Gasteiger partial charge in [-0.25, -0.2) is 4.98 Å². The number of pyridine rings is 1. The van der Waals surface area contributed by atoms with Crippen molar-refractivity contribution in [3.05, 3.63) is 23.9 Å². The van der Waals surface area contributed by atoms with Gasteiger partial charge < -0.3 is 5.73 Å². The minimum Gasteiger partial charge on any atom is -0.384 e. The van der Waals surface area contributed by atoms with Gasteiger partial charge in [-0.15, -0.1) is 0 Å². The molecule has 13 heavy (non-hydrogen) atoms. The highest BCUT2D eigenvalue weighted by molar-refractivity contribution is 5.33. The van der Waals surface area contributed by atoms with Gasteiger partial charge in [-0.3, -0.25) is 0 Å². The van der Waals surface area contributed by atoms with Gasteiger partial charge >= 0.3 is 0 Å². The lowest BCUT2D eigenvalue weighted by Crippen LogP contribution is -2.05. The summed E-state index contributed by atoms with van der Waals surface area (Å²) in [4.78, 5) is 4.01. The monoisotopic (exact) mass is 176 g/mol. The highest BCUT2D eigenvalue weighted by Crippen LogP contribution is 2.32. The van der Waals surface area contributed by atoms with Crippen LogP contribution in [0.1, 0.15) is 43.6 Å². The number of nitrogen functional groups attached to an aromatic ring is 1. The molecular formula is C11H16N2. The number of rotatable bonds is 1. The molecule has 0 radical (unpaired) electrons. The summed E-state index contributed by atoms with van der Waals surface area (Å²) in [6.07, 6.45) is 8.60. The lowest BCUT2D eigenvalue weighted by atomic mass is 9.84. The number of hydrogen-bond donors (Lipinski definition) is 1. The van der Waals surface area contributed by atoms with Crippen LogP contribution in [0.15, 0.2) is 18.3 Å². The summed E-state index contributed by atoms with van der Waals surface area (Å²) in [5, 5.41) is 0. The van der Waals surface area contributed by atoms with E-state index in [2.05, 4.69) is 11.1 Å². The minimum absolute atomic E-state index is 0.656. The second-order valence-corrected chi connectivity index (χ2v) is 3.85. The number of aromatic nitrogens is 1. The fourth-order valence-corrected chi connectivity index (χ4v) is 2.16. The molecule has 1 aromatic heterocycles. The standard InChI is InChI=1S/C11H16N2/c12-11-8-10(6-7-13-11)9-4-2-1-3-5-9/h6-9H,1-5H2,(H2,12,13). The van der Waals surface area contributed by atoms with E-state index in [9.17, 15) is 0 Å². The maximum Gasteiger partial charge on any atom is 0.123 e. The van der Waals surface area contributed by atoms with Crippen LogP contribution in [0.25, 0.3) is 0 Å². The van der Waals surface area contributed by atoms with Crippen LogP contribution < -0.4 is 5.73 Å². The molecule has 2 N–H and O–H groups in total. The number of anilines is 1. The molecule has 0 aromatic carbocycles. The predicted molar refractivity (Wildman–Crippen MR) is 54.5 cm³/mol. The van der Waals surface area contributed by atoms with Crippen molar-refractivity contribution in [2.75, 3.05) is 5.73 Å². The van der Waals surface area contributed by atoms with Gasteiger partial charge in [0.25, 0.3) is 0 Å². The fourth-order valence-electron chi connectivity index (χ4n) is 2.16. The van der Waals surface area contributed by atoms with E-state index in [1.54, 1.807) is 0 Å². The van der Waals surface area contributed by atoms with Gasteiger partial charge in [0, 0.05) is 6.20 Å². The Morgan fingerprint density at radius 3 is 2.69 bits per heavy atom. The van der Waals surface area contributed by atoms with Crippen LogP contribution in [0.2, 0.25) is 0 Å². The van der Waals surface area contributed by atoms with E-state index in [1.165, 1.54) is 37.7 Å². The Balaban J connectivity index is 2.14. The van der Waals surface area contributed by atoms with E-state index in [0.29, 0.717) is 5.82 Å². The summed E-state index contributed by atoms with van der Waals surface area (Å²) < 4.78 is 0. The van der Waals surface area contributed by atoms with Gasteiger partial charge in [-0.05, 0) is 36.5 Å². The molecule has 0 spiro atoms. The third-order valence-electron chi connectivity index (χ3n) is 2.88. The Bertz CT molecular complexity index is 277. The summed E-state index contributed by atoms with van der Waals surface area (Å²) in [5.41, 5.74) is 7.04. The first-order chi connectivity index (χ1) is 6.36. The van der Waals surface area contributed by atoms with E-state index < -0.39 is 0 Å². The molecule has 1 aromatic rings. The van der Waals surface area contributed by atoms with E-state index in [1.807, 2.05) is 12.3 Å². The molecule has 0 saturated heterocycles. The predicted octanol–water partition coefficient (Wildman–Crippen LogP) is 2.71. The lowest BCUT2D eigenvalue weighted by molar-refractivity contribution is 0.443. The third-order valence-corrected chi connectivity index (χ3v) is 2.88. The SMILES string of the molecule is Nc1cc(C2CCCCC2)ccn1. The van der Waals surface area contributed by atoms with Crippen LogP contribution in [0.5, 0.6) is 0 Å². The second kappa shape index (κ2) is 3.77. The molecule has 1 heterocycles. The van der Waals surface area contributed by atoms with Crippen LogP contribution in [-0.2, 0) is 0 Å². The molecule has 1 saturated carbocycles. The smallest absolute Gasteiger partial charge is 0.123 e. The van der Waals surface area contributed by atoms with Gasteiger partial charge in [0.15, 0.2) is 0 Å². The normalized spacial score (nSPS) is 18.8. The zero-order chi connectivity index (χ0) is 9.10. The zero-order valence-corrected chi connectivity index (χ0v) is 7.87. The summed E-state index contributed by atoms with van der Waals surface area (Å²) in [6, 6.07) is 4.13. The maximum absolute atomic E-state index is 5.65. The van der Waals surface area contributed by atoms with Gasteiger partial charge in [0.1, 0.15) is 5.82 Å². The van der Waals surface area contributed by atoms with Crippen LogP contribution >= 0.6 is 0 Å². The highest BCUT2D eigenvalue weighted by atomic mass is 14.8. The first kappa shape index (κ1) is 8.54. The second-order valence-electron chi connectivity index (χ2n) is 3.85. The lowest BCUT2D eigenvalue weighted by Gasteiger charge is -2.21. The molecule has 2 heteroatoms. The largest absolute Gasteiger partial charge is 0.384 e. The van der Waals surface area contributed by atoms with E-state index in [0.717, 1.165) is 5.92 Å². The first-order valence-corrected chi connectivity index (χ1v) is 5.08. The van der Waals surface area contributed by atoms with Crippen LogP contribution in [-0.4, -0.2) is 4.98 Å². The minimum atomic E-state index is 0.656. The van der Waals surface area contributed by atoms with E-state index in [4.69, 9.17) is 5.73 Å². The molecule has 0 unspecified atom stereocenters. The van der Waals surface area contributed by atoms with Crippen molar-refractivity contribution in [1.29, 1.82) is 0 Å². The first-order valence-electron chi connectivity index (χ1n) is 5.08. The Hall–Kier alpha value is -1.05. The number of hydrogen-bond acceptors (Lipinski definition) is 2. The summed E-state index contributed by atoms with van der Waals surface area (Å²) in [7, 11) is 0. The fraction of sp³-hybridized carbons (Fsp3) is 0.545. The van der Waals surface area contributed by atoms with Crippen LogP contribution in [0.4, 0.5) is 5.82 Å². The Kier molecular flexibility index (Phi) is 2.48. The molecule has 1 aliphatic rings. The summed E-state index contributed by atoms with van der Waals surface area (Å²) in [5.74, 6) is 1.39. The molecule has 1 fully saturated rings. The molecule has 1 aliphatic carbocycles. The number of nitrogens with two attached hydrogens (primary N) is 1. The summed E-state index contributed by atoms with van der Waals surface area (Å²) >= 11 is 0.